The first-order valence-electron chi connectivity index (χ1n) is 0. The van der Waals surface area contributed by atoms with Crippen LogP contribution in [-0.4, -0.2) is 17.4 Å². The van der Waals surface area contributed by atoms with Crippen molar-refractivity contribution in [1.29, 1.82) is 0 Å². The van der Waals surface area contributed by atoms with Crippen molar-refractivity contribution >= 4 is 17.4 Å². The van der Waals surface area contributed by atoms with E-state index in [9.17, 15) is 0 Å². The third-order valence-corrected chi connectivity index (χ3v) is 0. The monoisotopic (exact) mass is 333 g/mol. The third kappa shape index (κ3) is 25.2. The molecule has 0 aliphatic heterocycles. The Morgan fingerprint density at radius 1 is 1.00 bits per heavy atom. The molecule has 0 nitrogen and oxygen atoms in total. The number of hydrogen-bond donors (Lipinski definition) is 0. The molecule has 6 heavy (non-hydrogen) atoms. The van der Waals surface area contributed by atoms with Crippen molar-refractivity contribution in [3.05, 3.63) is 0 Å². The molecule has 0 saturated heterocycles. The van der Waals surface area contributed by atoms with Crippen molar-refractivity contribution < 1.29 is 100 Å². The first kappa shape index (κ1) is 53.3. The Morgan fingerprint density at radius 3 is 1.00 bits per heavy atom. The van der Waals surface area contributed by atoms with Gasteiger partial charge in [0.2, 0.25) is 0 Å². The van der Waals surface area contributed by atoms with Gasteiger partial charge in [-0.05, 0) is 0 Å². The molecule has 6 heteroatoms. The van der Waals surface area contributed by atoms with Crippen LogP contribution in [-0.2, 0) is 100 Å². The van der Waals surface area contributed by atoms with Crippen LogP contribution in [0.5, 0.6) is 0 Å². The summed E-state index contributed by atoms with van der Waals surface area (Å²) in [5, 5.41) is 0. The molecular weight excluding hydrogens is 332 g/mol. The van der Waals surface area contributed by atoms with Crippen LogP contribution in [0.15, 0.2) is 0 Å². The average molecular weight is 335 g/mol. The molecule has 0 atom stereocenters. The molecule has 0 aliphatic carbocycles. The van der Waals surface area contributed by atoms with Crippen molar-refractivity contribution in [2.45, 2.75) is 0 Å². The van der Waals surface area contributed by atoms with Crippen LogP contribution in [0.2, 0.25) is 0 Å². The molecule has 0 aliphatic rings. The molecule has 0 aromatic heterocycles. The normalized spacial score (nSPS) is 0. The fraction of sp³-hybridized carbons (Fsp3) is 0. The molecule has 0 rings (SSSR count). The van der Waals surface area contributed by atoms with E-state index >= 15 is 0 Å². The van der Waals surface area contributed by atoms with E-state index in [2.05, 4.69) is 0 Å². The van der Waals surface area contributed by atoms with E-state index in [0.29, 0.717) is 0 Å². The largest absolute Gasteiger partial charge is 0.187 e. The van der Waals surface area contributed by atoms with Gasteiger partial charge in [-0.3, -0.25) is 0 Å². The maximum atomic E-state index is 0. The molecule has 0 bridgehead atoms. The molecule has 0 N–H and O–H groups in total. The first-order chi connectivity index (χ1) is 0. The summed E-state index contributed by atoms with van der Waals surface area (Å²) in [7, 11) is 0. The SMILES string of the molecule is [AlH3].[Fe].[Ni].[Ti].[V].[Zr]. The summed E-state index contributed by atoms with van der Waals surface area (Å²) in [6.07, 6.45) is 0. The molecule has 0 aromatic carbocycles. The second-order valence-corrected chi connectivity index (χ2v) is 0. The molecule has 0 amide bonds. The molecule has 0 saturated carbocycles. The quantitative estimate of drug-likeness (QED) is 0.489. The van der Waals surface area contributed by atoms with E-state index in [1.165, 1.54) is 0 Å². The molecule has 0 spiro atoms. The summed E-state index contributed by atoms with van der Waals surface area (Å²) in [6, 6.07) is 0. The van der Waals surface area contributed by atoms with Crippen LogP contribution in [0.1, 0.15) is 0 Å². The van der Waals surface area contributed by atoms with Crippen LogP contribution in [0.25, 0.3) is 0 Å². The molecule has 0 aromatic rings. The fourth-order valence-corrected chi connectivity index (χ4v) is 0. The minimum absolute atomic E-state index is 0. The zero-order chi connectivity index (χ0) is 0. The maximum absolute atomic E-state index is 0. The Labute approximate surface area is 115 Å². The van der Waals surface area contributed by atoms with Gasteiger partial charge in [0.25, 0.3) is 0 Å². The maximum Gasteiger partial charge on any atom is 0.187 e. The van der Waals surface area contributed by atoms with Crippen molar-refractivity contribution in [2.75, 3.05) is 0 Å². The predicted octanol–water partition coefficient (Wildman–Crippen LogP) is -1.20. The summed E-state index contributed by atoms with van der Waals surface area (Å²) >= 11 is 0. The zero-order valence-corrected chi connectivity index (χ0v) is 9.63. The Kier molecular flexibility index (Phi) is 333. The minimum Gasteiger partial charge on any atom is 0 e. The van der Waals surface area contributed by atoms with Crippen LogP contribution in [0.4, 0.5) is 0 Å². The Hall–Kier alpha value is 3.73. The smallest absolute Gasteiger partial charge is 0 e. The standard InChI is InChI=1S/Al.Fe.Ni.Ti.V.Zr.3H. The van der Waals surface area contributed by atoms with Gasteiger partial charge in [0, 0.05) is 100 Å². The second kappa shape index (κ2) is 37.5. The van der Waals surface area contributed by atoms with Gasteiger partial charge >= 0.3 is 0 Å². The van der Waals surface area contributed by atoms with E-state index in [4.69, 9.17) is 0 Å². The van der Waals surface area contributed by atoms with Crippen LogP contribution < -0.4 is 0 Å². The Balaban J connectivity index is 0. The van der Waals surface area contributed by atoms with Gasteiger partial charge in [-0.15, -0.1) is 0 Å². The van der Waals surface area contributed by atoms with E-state index < -0.39 is 0 Å². The zero-order valence-electron chi connectivity index (χ0n) is 2.12. The Bertz CT molecular complexity index is 15.5. The molecule has 0 fully saturated rings. The molecule has 37 valence electrons. The Morgan fingerprint density at radius 2 is 1.00 bits per heavy atom. The van der Waals surface area contributed by atoms with E-state index in [1.54, 1.807) is 0 Å². The topological polar surface area (TPSA) is 0 Å². The predicted molar refractivity (Wildman–Crippen MR) is 9.94 cm³/mol. The first-order valence-corrected chi connectivity index (χ1v) is 0. The average Bonchev–Trinajstić information content (AvgIpc) is 0. The van der Waals surface area contributed by atoms with Crippen molar-refractivity contribution in [2.24, 2.45) is 0 Å². The molecule has 0 heterocycles. The van der Waals surface area contributed by atoms with Gasteiger partial charge in [-0.25, -0.2) is 0 Å². The summed E-state index contributed by atoms with van der Waals surface area (Å²) in [4.78, 5) is 0. The summed E-state index contributed by atoms with van der Waals surface area (Å²) in [5.41, 5.74) is 0. The van der Waals surface area contributed by atoms with Gasteiger partial charge < -0.3 is 0 Å². The van der Waals surface area contributed by atoms with Crippen LogP contribution in [0, 0.1) is 0 Å². The van der Waals surface area contributed by atoms with Crippen molar-refractivity contribution in [1.82, 2.24) is 0 Å². The minimum atomic E-state index is 0. The van der Waals surface area contributed by atoms with Gasteiger partial charge in [0.15, 0.2) is 17.4 Å². The van der Waals surface area contributed by atoms with Gasteiger partial charge in [-0.1, -0.05) is 0 Å². The van der Waals surface area contributed by atoms with Gasteiger partial charge in [-0.2, -0.15) is 0 Å². The van der Waals surface area contributed by atoms with E-state index in [1.807, 2.05) is 0 Å². The summed E-state index contributed by atoms with van der Waals surface area (Å²) in [5.74, 6) is 0. The van der Waals surface area contributed by atoms with Crippen molar-refractivity contribution in [3.63, 3.8) is 0 Å². The van der Waals surface area contributed by atoms with Crippen LogP contribution in [0.3, 0.4) is 0 Å². The third-order valence-electron chi connectivity index (χ3n) is 0. The van der Waals surface area contributed by atoms with Gasteiger partial charge in [0.1, 0.15) is 0 Å². The number of rotatable bonds is 0. The molecular formula is H3AlFeNiTiVZr. The fourth-order valence-electron chi connectivity index (χ4n) is 0. The summed E-state index contributed by atoms with van der Waals surface area (Å²) in [6.45, 7) is 0. The van der Waals surface area contributed by atoms with Gasteiger partial charge in [0.05, 0.1) is 0 Å². The molecule has 0 unspecified atom stereocenters. The second-order valence-electron chi connectivity index (χ2n) is 0. The van der Waals surface area contributed by atoms with E-state index in [-0.39, 0.29) is 117 Å². The molecule has 1 radical (unpaired) electrons. The summed E-state index contributed by atoms with van der Waals surface area (Å²) < 4.78 is 0. The van der Waals surface area contributed by atoms with Crippen LogP contribution >= 0.6 is 0 Å². The van der Waals surface area contributed by atoms with E-state index in [0.717, 1.165) is 0 Å². The van der Waals surface area contributed by atoms with Crippen molar-refractivity contribution in [3.8, 4) is 0 Å². The number of hydrogen-bond acceptors (Lipinski definition) is 0.